The Hall–Kier alpha value is -1.39. The molecule has 0 saturated carbocycles. The molecule has 2 fully saturated rings. The molecule has 3 rings (SSSR count). The number of nitrogens with one attached hydrogen (secondary N) is 1. The van der Waals surface area contributed by atoms with E-state index in [-0.39, 0.29) is 24.2 Å². The van der Waals surface area contributed by atoms with Crippen LogP contribution in [0.15, 0.2) is 24.3 Å². The van der Waals surface area contributed by atoms with Gasteiger partial charge < -0.3 is 9.64 Å². The van der Waals surface area contributed by atoms with Gasteiger partial charge in [-0.3, -0.25) is 10.1 Å². The third kappa shape index (κ3) is 2.83. The molecule has 2 aliphatic rings. The molecule has 1 aromatic rings. The molecule has 0 spiro atoms. The van der Waals surface area contributed by atoms with Gasteiger partial charge >= 0.3 is 0 Å². The zero-order valence-corrected chi connectivity index (χ0v) is 12.8. The Bertz CT molecular complexity index is 494. The number of rotatable bonds is 4. The number of hydrogen-bond acceptors (Lipinski definition) is 3. The van der Waals surface area contributed by atoms with Gasteiger partial charge in [0, 0.05) is 6.61 Å². The minimum atomic E-state index is -0.0254. The molecule has 1 amide bonds. The molecule has 21 heavy (non-hydrogen) atoms. The summed E-state index contributed by atoms with van der Waals surface area (Å²) in [7, 11) is 0. The van der Waals surface area contributed by atoms with Gasteiger partial charge in [-0.05, 0) is 37.3 Å². The maximum Gasteiger partial charge on any atom is 0.238 e. The van der Waals surface area contributed by atoms with Gasteiger partial charge in [0.25, 0.3) is 0 Å². The second-order valence-corrected chi connectivity index (χ2v) is 5.97. The van der Waals surface area contributed by atoms with Crippen LogP contribution >= 0.6 is 0 Å². The standard InChI is InChI=1S/C17H24N2O2/c1-3-13-6-8-14(9-7-13)17-18-11-16(20)19(17)12(2)15-5-4-10-21-15/h6-9,12,15,17-18H,3-5,10-11H2,1-2H3. The van der Waals surface area contributed by atoms with Gasteiger partial charge in [-0.25, -0.2) is 0 Å². The van der Waals surface area contributed by atoms with Crippen molar-refractivity contribution in [3.63, 3.8) is 0 Å². The minimum absolute atomic E-state index is 0.0254. The topological polar surface area (TPSA) is 41.6 Å². The van der Waals surface area contributed by atoms with Crippen molar-refractivity contribution in [3.8, 4) is 0 Å². The highest BCUT2D eigenvalue weighted by Crippen LogP contribution is 2.29. The van der Waals surface area contributed by atoms with Crippen LogP contribution in [-0.4, -0.2) is 36.1 Å². The number of carbonyl (C=O) groups is 1. The lowest BCUT2D eigenvalue weighted by molar-refractivity contribution is -0.132. The number of amides is 1. The molecule has 3 atom stereocenters. The smallest absolute Gasteiger partial charge is 0.238 e. The minimum Gasteiger partial charge on any atom is -0.376 e. The van der Waals surface area contributed by atoms with E-state index >= 15 is 0 Å². The maximum atomic E-state index is 12.3. The van der Waals surface area contributed by atoms with Gasteiger partial charge in [-0.15, -0.1) is 0 Å². The first kappa shape index (κ1) is 14.5. The van der Waals surface area contributed by atoms with E-state index in [1.807, 2.05) is 4.90 Å². The lowest BCUT2D eigenvalue weighted by atomic mass is 10.0. The molecular weight excluding hydrogens is 264 g/mol. The Morgan fingerprint density at radius 3 is 2.76 bits per heavy atom. The van der Waals surface area contributed by atoms with Crippen molar-refractivity contribution in [2.45, 2.75) is 51.4 Å². The lowest BCUT2D eigenvalue weighted by Gasteiger charge is -2.33. The molecule has 2 saturated heterocycles. The van der Waals surface area contributed by atoms with Crippen molar-refractivity contribution in [2.24, 2.45) is 0 Å². The van der Waals surface area contributed by atoms with Crippen LogP contribution in [0.5, 0.6) is 0 Å². The first-order valence-corrected chi connectivity index (χ1v) is 7.95. The van der Waals surface area contributed by atoms with Crippen LogP contribution in [0.2, 0.25) is 0 Å². The number of carbonyl (C=O) groups excluding carboxylic acids is 1. The van der Waals surface area contributed by atoms with Crippen molar-refractivity contribution in [1.29, 1.82) is 0 Å². The molecular formula is C17H24N2O2. The zero-order valence-electron chi connectivity index (χ0n) is 12.8. The van der Waals surface area contributed by atoms with Crippen molar-refractivity contribution in [3.05, 3.63) is 35.4 Å². The summed E-state index contributed by atoms with van der Waals surface area (Å²) in [5.74, 6) is 0.169. The van der Waals surface area contributed by atoms with Crippen molar-refractivity contribution in [2.75, 3.05) is 13.2 Å². The van der Waals surface area contributed by atoms with Crippen LogP contribution in [0.25, 0.3) is 0 Å². The molecule has 114 valence electrons. The molecule has 0 aromatic heterocycles. The fraction of sp³-hybridized carbons (Fsp3) is 0.588. The number of ether oxygens (including phenoxy) is 1. The molecule has 1 N–H and O–H groups in total. The molecule has 0 aliphatic carbocycles. The van der Waals surface area contributed by atoms with E-state index in [1.165, 1.54) is 5.56 Å². The van der Waals surface area contributed by atoms with E-state index in [0.29, 0.717) is 6.54 Å². The van der Waals surface area contributed by atoms with E-state index in [2.05, 4.69) is 43.4 Å². The highest BCUT2D eigenvalue weighted by Gasteiger charge is 2.39. The second-order valence-electron chi connectivity index (χ2n) is 5.97. The van der Waals surface area contributed by atoms with Crippen LogP contribution in [0.3, 0.4) is 0 Å². The molecule has 0 radical (unpaired) electrons. The fourth-order valence-electron chi connectivity index (χ4n) is 3.36. The summed E-state index contributed by atoms with van der Waals surface area (Å²) >= 11 is 0. The Balaban J connectivity index is 1.80. The summed E-state index contributed by atoms with van der Waals surface area (Å²) < 4.78 is 5.77. The monoisotopic (exact) mass is 288 g/mol. The quantitative estimate of drug-likeness (QED) is 0.924. The van der Waals surface area contributed by atoms with Crippen molar-refractivity contribution >= 4 is 5.91 Å². The summed E-state index contributed by atoms with van der Waals surface area (Å²) in [6, 6.07) is 8.67. The van der Waals surface area contributed by atoms with E-state index in [0.717, 1.165) is 31.4 Å². The fourth-order valence-corrected chi connectivity index (χ4v) is 3.36. The summed E-state index contributed by atoms with van der Waals surface area (Å²) in [5.41, 5.74) is 2.48. The molecule has 4 nitrogen and oxygen atoms in total. The van der Waals surface area contributed by atoms with E-state index in [1.54, 1.807) is 0 Å². The Labute approximate surface area is 126 Å². The summed E-state index contributed by atoms with van der Waals surface area (Å²) in [5, 5.41) is 3.34. The van der Waals surface area contributed by atoms with Gasteiger partial charge in [0.15, 0.2) is 0 Å². The Morgan fingerprint density at radius 1 is 1.38 bits per heavy atom. The van der Waals surface area contributed by atoms with Gasteiger partial charge in [0.2, 0.25) is 5.91 Å². The van der Waals surface area contributed by atoms with Crippen LogP contribution in [0, 0.1) is 0 Å². The van der Waals surface area contributed by atoms with Crippen LogP contribution in [-0.2, 0) is 16.0 Å². The van der Waals surface area contributed by atoms with Crippen LogP contribution in [0.1, 0.15) is 44.0 Å². The summed E-state index contributed by atoms with van der Waals surface area (Å²) in [4.78, 5) is 14.3. The highest BCUT2D eigenvalue weighted by atomic mass is 16.5. The molecule has 2 aliphatic heterocycles. The van der Waals surface area contributed by atoms with Gasteiger partial charge in [0.1, 0.15) is 6.17 Å². The molecule has 0 bridgehead atoms. The van der Waals surface area contributed by atoms with Gasteiger partial charge in [-0.2, -0.15) is 0 Å². The average Bonchev–Trinajstić information content (AvgIpc) is 3.16. The Kier molecular flexibility index (Phi) is 4.27. The average molecular weight is 288 g/mol. The van der Waals surface area contributed by atoms with Gasteiger partial charge in [-0.1, -0.05) is 31.2 Å². The third-order valence-electron chi connectivity index (χ3n) is 4.66. The number of benzene rings is 1. The van der Waals surface area contributed by atoms with E-state index in [9.17, 15) is 4.79 Å². The summed E-state index contributed by atoms with van der Waals surface area (Å²) in [6.45, 7) is 5.49. The van der Waals surface area contributed by atoms with E-state index in [4.69, 9.17) is 4.74 Å². The maximum absolute atomic E-state index is 12.3. The first-order valence-electron chi connectivity index (χ1n) is 7.95. The second kappa shape index (κ2) is 6.16. The van der Waals surface area contributed by atoms with Crippen LogP contribution < -0.4 is 5.32 Å². The van der Waals surface area contributed by atoms with Crippen LogP contribution in [0.4, 0.5) is 0 Å². The molecule has 4 heteroatoms. The van der Waals surface area contributed by atoms with Crippen molar-refractivity contribution in [1.82, 2.24) is 10.2 Å². The molecule has 1 aromatic carbocycles. The zero-order chi connectivity index (χ0) is 14.8. The van der Waals surface area contributed by atoms with Crippen molar-refractivity contribution < 1.29 is 9.53 Å². The van der Waals surface area contributed by atoms with E-state index < -0.39 is 0 Å². The molecule has 2 heterocycles. The predicted octanol–water partition coefficient (Wildman–Crippen LogP) is 2.25. The SMILES string of the molecule is CCc1ccc(C2NCC(=O)N2C(C)C2CCCO2)cc1. The largest absolute Gasteiger partial charge is 0.376 e. The predicted molar refractivity (Wildman–Crippen MR) is 81.8 cm³/mol. The summed E-state index contributed by atoms with van der Waals surface area (Å²) in [6.07, 6.45) is 3.33. The number of aryl methyl sites for hydroxylation is 1. The van der Waals surface area contributed by atoms with Gasteiger partial charge in [0.05, 0.1) is 18.7 Å². The lowest BCUT2D eigenvalue weighted by Crippen LogP contribution is -2.44. The first-order chi connectivity index (χ1) is 10.2. The number of nitrogens with zero attached hydrogens (tertiary/aromatic N) is 1. The number of hydrogen-bond donors (Lipinski definition) is 1. The normalized spacial score (nSPS) is 27.3. The Morgan fingerprint density at radius 2 is 2.14 bits per heavy atom. The molecule has 3 unspecified atom stereocenters. The highest BCUT2D eigenvalue weighted by molar-refractivity contribution is 5.81. The third-order valence-corrected chi connectivity index (χ3v) is 4.66.